The van der Waals surface area contributed by atoms with E-state index in [0.717, 1.165) is 5.56 Å². The first-order chi connectivity index (χ1) is 14.3. The molecule has 158 valence electrons. The van der Waals surface area contributed by atoms with Gasteiger partial charge in [0.25, 0.3) is 5.91 Å². The van der Waals surface area contributed by atoms with Crippen molar-refractivity contribution in [3.05, 3.63) is 69.7 Å². The Kier molecular flexibility index (Phi) is 6.89. The molecule has 0 radical (unpaired) electrons. The van der Waals surface area contributed by atoms with Crippen LogP contribution in [0.2, 0.25) is 10.0 Å². The summed E-state index contributed by atoms with van der Waals surface area (Å²) in [5, 5.41) is 5.10. The Hall–Kier alpha value is -2.71. The molecule has 30 heavy (non-hydrogen) atoms. The van der Waals surface area contributed by atoms with Crippen LogP contribution in [0.4, 0.5) is 8.78 Å². The molecule has 1 heterocycles. The maximum atomic E-state index is 12.8. The van der Waals surface area contributed by atoms with Crippen molar-refractivity contribution in [2.24, 2.45) is 0 Å². The van der Waals surface area contributed by atoms with Crippen molar-refractivity contribution < 1.29 is 18.3 Å². The van der Waals surface area contributed by atoms with E-state index in [1.54, 1.807) is 37.4 Å². The molecule has 0 N–H and O–H groups in total. The van der Waals surface area contributed by atoms with Crippen LogP contribution < -0.4 is 4.74 Å². The third-order valence-corrected chi connectivity index (χ3v) is 4.86. The molecule has 0 atom stereocenters. The molecule has 2 aromatic carbocycles. The molecule has 0 aliphatic carbocycles. The Morgan fingerprint density at radius 2 is 1.80 bits per heavy atom. The number of amides is 1. The van der Waals surface area contributed by atoms with Gasteiger partial charge < -0.3 is 9.64 Å². The first-order valence-electron chi connectivity index (χ1n) is 8.99. The van der Waals surface area contributed by atoms with Crippen LogP contribution >= 0.6 is 23.2 Å². The minimum atomic E-state index is -2.89. The molecule has 0 saturated carbocycles. The summed E-state index contributed by atoms with van der Waals surface area (Å²) in [5.41, 5.74) is 1.19. The number of aromatic nitrogens is 3. The number of halogens is 4. The van der Waals surface area contributed by atoms with E-state index in [1.807, 2.05) is 6.92 Å². The van der Waals surface area contributed by atoms with Gasteiger partial charge in [-0.05, 0) is 29.8 Å². The molecule has 10 heteroatoms. The van der Waals surface area contributed by atoms with Gasteiger partial charge in [0.2, 0.25) is 5.82 Å². The third-order valence-electron chi connectivity index (χ3n) is 4.25. The topological polar surface area (TPSA) is 60.3 Å². The summed E-state index contributed by atoms with van der Waals surface area (Å²) in [5.74, 6) is 0.185. The molecule has 1 amide bonds. The summed E-state index contributed by atoms with van der Waals surface area (Å²) in [6, 6.07) is 11.1. The molecule has 3 rings (SSSR count). The number of hydrogen-bond donors (Lipinski definition) is 0. The summed E-state index contributed by atoms with van der Waals surface area (Å²) in [6.07, 6.45) is 0.511. The average Bonchev–Trinajstić information content (AvgIpc) is 3.12. The minimum Gasteiger partial charge on any atom is -0.435 e. The first kappa shape index (κ1) is 22.0. The standard InChI is InChI=1S/C20H18Cl2F2N4O2/c1-3-16-25-18(26-28(16)17-14(21)5-4-6-15(17)22)19(29)27(2)11-12-7-9-13(10-8-12)30-20(23)24/h4-10,20H,3,11H2,1-2H3. The lowest BCUT2D eigenvalue weighted by atomic mass is 10.2. The molecule has 0 fully saturated rings. The highest BCUT2D eigenvalue weighted by atomic mass is 35.5. The summed E-state index contributed by atoms with van der Waals surface area (Å²) < 4.78 is 30.3. The van der Waals surface area contributed by atoms with Gasteiger partial charge in [0.15, 0.2) is 0 Å². The molecule has 0 spiro atoms. The second kappa shape index (κ2) is 9.40. The van der Waals surface area contributed by atoms with E-state index in [2.05, 4.69) is 14.8 Å². The SMILES string of the molecule is CCc1nc(C(=O)N(C)Cc2ccc(OC(F)F)cc2)nn1-c1c(Cl)cccc1Cl. The van der Waals surface area contributed by atoms with Crippen LogP contribution in [-0.4, -0.2) is 39.2 Å². The van der Waals surface area contributed by atoms with Crippen molar-refractivity contribution in [2.45, 2.75) is 26.5 Å². The van der Waals surface area contributed by atoms with Gasteiger partial charge in [-0.3, -0.25) is 4.79 Å². The fourth-order valence-corrected chi connectivity index (χ4v) is 3.38. The predicted molar refractivity (Wildman–Crippen MR) is 110 cm³/mol. The Morgan fingerprint density at radius 3 is 2.37 bits per heavy atom. The largest absolute Gasteiger partial charge is 0.435 e. The molecular weight excluding hydrogens is 437 g/mol. The monoisotopic (exact) mass is 454 g/mol. The summed E-state index contributed by atoms with van der Waals surface area (Å²) in [7, 11) is 1.60. The van der Waals surface area contributed by atoms with Gasteiger partial charge in [-0.15, -0.1) is 5.10 Å². The van der Waals surface area contributed by atoms with Crippen LogP contribution in [0.1, 0.15) is 28.9 Å². The van der Waals surface area contributed by atoms with E-state index < -0.39 is 12.5 Å². The summed E-state index contributed by atoms with van der Waals surface area (Å²) >= 11 is 12.5. The van der Waals surface area contributed by atoms with Crippen molar-refractivity contribution in [3.8, 4) is 11.4 Å². The van der Waals surface area contributed by atoms with E-state index in [-0.39, 0.29) is 18.1 Å². The molecule has 6 nitrogen and oxygen atoms in total. The number of nitrogens with zero attached hydrogens (tertiary/aromatic N) is 4. The van der Waals surface area contributed by atoms with Crippen LogP contribution in [-0.2, 0) is 13.0 Å². The number of aryl methyl sites for hydroxylation is 1. The van der Waals surface area contributed by atoms with E-state index >= 15 is 0 Å². The van der Waals surface area contributed by atoms with Crippen LogP contribution in [0.3, 0.4) is 0 Å². The van der Waals surface area contributed by atoms with E-state index in [9.17, 15) is 13.6 Å². The van der Waals surface area contributed by atoms with E-state index in [0.29, 0.717) is 28.0 Å². The van der Waals surface area contributed by atoms with Crippen LogP contribution in [0, 0.1) is 0 Å². The summed E-state index contributed by atoms with van der Waals surface area (Å²) in [4.78, 5) is 18.6. The zero-order valence-corrected chi connectivity index (χ0v) is 17.7. The normalized spacial score (nSPS) is 11.0. The lowest BCUT2D eigenvalue weighted by Gasteiger charge is -2.15. The minimum absolute atomic E-state index is 0.00277. The predicted octanol–water partition coefficient (Wildman–Crippen LogP) is 5.01. The number of alkyl halides is 2. The van der Waals surface area contributed by atoms with Gasteiger partial charge in [-0.25, -0.2) is 9.67 Å². The van der Waals surface area contributed by atoms with Crippen molar-refractivity contribution >= 4 is 29.1 Å². The number of carbonyl (C=O) groups is 1. The highest BCUT2D eigenvalue weighted by molar-refractivity contribution is 6.37. The molecule has 0 aliphatic rings. The second-order valence-corrected chi connectivity index (χ2v) is 7.19. The maximum absolute atomic E-state index is 12.8. The summed E-state index contributed by atoms with van der Waals surface area (Å²) in [6.45, 7) is -0.774. The van der Waals surface area contributed by atoms with Gasteiger partial charge in [0.05, 0.1) is 10.0 Å². The quantitative estimate of drug-likeness (QED) is 0.503. The van der Waals surface area contributed by atoms with Gasteiger partial charge >= 0.3 is 6.61 Å². The molecule has 0 unspecified atom stereocenters. The Balaban J connectivity index is 1.80. The fraction of sp³-hybridized carbons (Fsp3) is 0.250. The number of carbonyl (C=O) groups excluding carboxylic acids is 1. The molecule has 0 bridgehead atoms. The van der Waals surface area contributed by atoms with Crippen molar-refractivity contribution in [3.63, 3.8) is 0 Å². The highest BCUT2D eigenvalue weighted by Gasteiger charge is 2.22. The number of benzene rings is 2. The van der Waals surface area contributed by atoms with E-state index in [4.69, 9.17) is 23.2 Å². The Labute approximate surface area is 182 Å². The first-order valence-corrected chi connectivity index (χ1v) is 9.75. The highest BCUT2D eigenvalue weighted by Crippen LogP contribution is 2.29. The Bertz CT molecular complexity index is 1020. The average molecular weight is 455 g/mol. The molecule has 1 aromatic heterocycles. The van der Waals surface area contributed by atoms with Gasteiger partial charge in [0.1, 0.15) is 17.3 Å². The van der Waals surface area contributed by atoms with Gasteiger partial charge in [0, 0.05) is 20.0 Å². The van der Waals surface area contributed by atoms with Gasteiger partial charge in [-0.1, -0.05) is 48.3 Å². The van der Waals surface area contributed by atoms with Crippen molar-refractivity contribution in [2.75, 3.05) is 7.05 Å². The van der Waals surface area contributed by atoms with Gasteiger partial charge in [-0.2, -0.15) is 8.78 Å². The zero-order valence-electron chi connectivity index (χ0n) is 16.2. The molecule has 0 saturated heterocycles. The van der Waals surface area contributed by atoms with Crippen molar-refractivity contribution in [1.82, 2.24) is 19.7 Å². The molecule has 0 aliphatic heterocycles. The zero-order chi connectivity index (χ0) is 21.8. The second-order valence-electron chi connectivity index (χ2n) is 6.37. The van der Waals surface area contributed by atoms with Crippen LogP contribution in [0.5, 0.6) is 5.75 Å². The number of rotatable bonds is 7. The van der Waals surface area contributed by atoms with Crippen LogP contribution in [0.15, 0.2) is 42.5 Å². The number of ether oxygens (including phenoxy) is 1. The van der Waals surface area contributed by atoms with Crippen LogP contribution in [0.25, 0.3) is 5.69 Å². The smallest absolute Gasteiger partial charge is 0.387 e. The molecule has 3 aromatic rings. The lowest BCUT2D eigenvalue weighted by Crippen LogP contribution is -2.27. The van der Waals surface area contributed by atoms with Crippen molar-refractivity contribution in [1.29, 1.82) is 0 Å². The molecular formula is C20H18Cl2F2N4O2. The maximum Gasteiger partial charge on any atom is 0.387 e. The number of para-hydroxylation sites is 1. The number of hydrogen-bond acceptors (Lipinski definition) is 4. The van der Waals surface area contributed by atoms with E-state index in [1.165, 1.54) is 21.7 Å². The third kappa shape index (κ3) is 4.88. The fourth-order valence-electron chi connectivity index (χ4n) is 2.83. The Morgan fingerprint density at radius 1 is 1.17 bits per heavy atom. The lowest BCUT2D eigenvalue weighted by molar-refractivity contribution is -0.0498.